The number of fused-ring (bicyclic) bond motifs is 2. The Morgan fingerprint density at radius 1 is 0.781 bits per heavy atom. The van der Waals surface area contributed by atoms with Crippen molar-refractivity contribution in [1.82, 2.24) is 9.80 Å². The van der Waals surface area contributed by atoms with Crippen molar-refractivity contribution < 1.29 is 28.5 Å². The van der Waals surface area contributed by atoms with Gasteiger partial charge in [-0.15, -0.1) is 0 Å². The summed E-state index contributed by atoms with van der Waals surface area (Å²) in [6.07, 6.45) is 3.66. The van der Waals surface area contributed by atoms with Crippen LogP contribution in [0, 0.1) is 0 Å². The molecule has 8 heteroatoms. The fraction of sp³-hybridized carbons (Fsp3) is 0.417. The molecule has 0 aliphatic carbocycles. The molecule has 0 aromatic heterocycles. The number of benzene rings is 2. The Bertz CT molecular complexity index is 913. The summed E-state index contributed by atoms with van der Waals surface area (Å²) < 4.78 is 22.5. The lowest BCUT2D eigenvalue weighted by Crippen LogP contribution is -2.35. The largest absolute Gasteiger partial charge is 0.493 e. The first kappa shape index (κ1) is 22.1. The number of carbonyl (C=O) groups is 2. The maximum atomic E-state index is 11.2. The Labute approximate surface area is 187 Å². The van der Waals surface area contributed by atoms with E-state index >= 15 is 0 Å². The van der Waals surface area contributed by atoms with Crippen molar-refractivity contribution in [2.24, 2.45) is 0 Å². The number of unbranched alkanes of at least 4 members (excludes halogenated alkanes) is 1. The zero-order valence-electron chi connectivity index (χ0n) is 18.5. The minimum Gasteiger partial charge on any atom is -0.493 e. The summed E-state index contributed by atoms with van der Waals surface area (Å²) in [5, 5.41) is 0. The number of hydrogen-bond donors (Lipinski definition) is 0. The highest BCUT2D eigenvalue weighted by Gasteiger charge is 2.23. The molecule has 0 spiro atoms. The van der Waals surface area contributed by atoms with Gasteiger partial charge in [-0.1, -0.05) is 0 Å². The van der Waals surface area contributed by atoms with E-state index in [1.54, 1.807) is 26.4 Å². The molecule has 2 aromatic carbocycles. The molecule has 2 aromatic rings. The van der Waals surface area contributed by atoms with E-state index in [0.29, 0.717) is 36.1 Å². The first-order chi connectivity index (χ1) is 15.6. The van der Waals surface area contributed by atoms with Crippen LogP contribution in [0.2, 0.25) is 0 Å². The van der Waals surface area contributed by atoms with Crippen LogP contribution in [0.3, 0.4) is 0 Å². The van der Waals surface area contributed by atoms with Gasteiger partial charge in [0.15, 0.2) is 23.0 Å². The van der Waals surface area contributed by atoms with Crippen LogP contribution in [0.4, 0.5) is 0 Å². The van der Waals surface area contributed by atoms with E-state index < -0.39 is 0 Å². The summed E-state index contributed by atoms with van der Waals surface area (Å²) in [7, 11) is 3.16. The molecule has 0 atom stereocenters. The van der Waals surface area contributed by atoms with Crippen LogP contribution in [-0.2, 0) is 13.1 Å². The van der Waals surface area contributed by atoms with Gasteiger partial charge in [-0.3, -0.25) is 19.4 Å². The number of nitrogens with zero attached hydrogens (tertiary/aromatic N) is 2. The summed E-state index contributed by atoms with van der Waals surface area (Å²) in [5.41, 5.74) is 3.12. The number of methoxy groups -OCH3 is 2. The molecule has 170 valence electrons. The molecule has 0 unspecified atom stereocenters. The normalized spacial score (nSPS) is 15.7. The minimum atomic E-state index is 0.498. The van der Waals surface area contributed by atoms with Crippen LogP contribution >= 0.6 is 0 Å². The van der Waals surface area contributed by atoms with Gasteiger partial charge in [-0.2, -0.15) is 0 Å². The van der Waals surface area contributed by atoms with E-state index in [4.69, 9.17) is 18.9 Å². The average molecular weight is 440 g/mol. The summed E-state index contributed by atoms with van der Waals surface area (Å²) in [6.45, 7) is 4.23. The summed E-state index contributed by atoms with van der Waals surface area (Å²) in [4.78, 5) is 26.8. The maximum Gasteiger partial charge on any atom is 0.167 e. The number of carbonyl (C=O) groups excluding carboxylic acids is 2. The monoisotopic (exact) mass is 440 g/mol. The van der Waals surface area contributed by atoms with Crippen molar-refractivity contribution in [1.29, 1.82) is 0 Å². The van der Waals surface area contributed by atoms with Crippen LogP contribution < -0.4 is 18.9 Å². The SMILES string of the molecule is COc1cc(C=O)cc2c1OCN(CCCCN1COc3c(cc(C=O)cc3OC)C1)C2. The van der Waals surface area contributed by atoms with E-state index in [9.17, 15) is 9.59 Å². The van der Waals surface area contributed by atoms with E-state index in [1.807, 2.05) is 12.1 Å². The van der Waals surface area contributed by atoms with E-state index in [1.165, 1.54) is 0 Å². The second-order valence-electron chi connectivity index (χ2n) is 8.02. The Kier molecular flexibility index (Phi) is 6.92. The molecule has 0 amide bonds. The Balaban J connectivity index is 1.28. The zero-order valence-corrected chi connectivity index (χ0v) is 18.5. The van der Waals surface area contributed by atoms with Gasteiger partial charge in [-0.05, 0) is 37.1 Å². The summed E-state index contributed by atoms with van der Waals surface area (Å²) in [5.74, 6) is 2.65. The molecule has 4 rings (SSSR count). The van der Waals surface area contributed by atoms with E-state index in [2.05, 4.69) is 9.80 Å². The number of rotatable bonds is 9. The molecule has 2 heterocycles. The quantitative estimate of drug-likeness (QED) is 0.435. The fourth-order valence-electron chi connectivity index (χ4n) is 4.21. The van der Waals surface area contributed by atoms with Crippen LogP contribution in [0.1, 0.15) is 44.7 Å². The molecular formula is C24H28N2O6. The van der Waals surface area contributed by atoms with Crippen LogP contribution in [0.5, 0.6) is 23.0 Å². The second kappa shape index (κ2) is 10.0. The van der Waals surface area contributed by atoms with Gasteiger partial charge in [0.1, 0.15) is 26.0 Å². The lowest BCUT2D eigenvalue weighted by atomic mass is 10.1. The number of aldehydes is 2. The number of ether oxygens (including phenoxy) is 4. The molecule has 0 saturated carbocycles. The minimum absolute atomic E-state index is 0.498. The Hall–Kier alpha value is -3.10. The highest BCUT2D eigenvalue weighted by atomic mass is 16.5. The van der Waals surface area contributed by atoms with Crippen LogP contribution in [0.25, 0.3) is 0 Å². The Morgan fingerprint density at radius 3 is 1.59 bits per heavy atom. The molecule has 32 heavy (non-hydrogen) atoms. The van der Waals surface area contributed by atoms with Gasteiger partial charge >= 0.3 is 0 Å². The van der Waals surface area contributed by atoms with Gasteiger partial charge in [0, 0.05) is 48.4 Å². The second-order valence-corrected chi connectivity index (χ2v) is 8.02. The van der Waals surface area contributed by atoms with Crippen LogP contribution in [0.15, 0.2) is 24.3 Å². The lowest BCUT2D eigenvalue weighted by Gasteiger charge is -2.31. The molecule has 2 aliphatic rings. The number of hydrogen-bond acceptors (Lipinski definition) is 8. The molecule has 0 fully saturated rings. The van der Waals surface area contributed by atoms with Crippen molar-refractivity contribution in [2.75, 3.05) is 40.8 Å². The van der Waals surface area contributed by atoms with E-state index in [-0.39, 0.29) is 0 Å². The average Bonchev–Trinajstić information content (AvgIpc) is 2.84. The van der Waals surface area contributed by atoms with Gasteiger partial charge in [0.2, 0.25) is 0 Å². The zero-order chi connectivity index (χ0) is 22.5. The van der Waals surface area contributed by atoms with Gasteiger partial charge < -0.3 is 18.9 Å². The van der Waals surface area contributed by atoms with Crippen LogP contribution in [-0.4, -0.2) is 63.1 Å². The van der Waals surface area contributed by atoms with Gasteiger partial charge in [0.25, 0.3) is 0 Å². The standard InChI is InChI=1S/C24H28N2O6/c1-29-21-9-17(13-27)7-19-11-25(15-31-23(19)21)5-3-4-6-26-12-20-8-18(14-28)10-22(30-2)24(20)32-16-26/h7-10,13-14H,3-6,11-12,15-16H2,1-2H3. The molecule has 0 saturated heterocycles. The highest BCUT2D eigenvalue weighted by Crippen LogP contribution is 2.37. The third kappa shape index (κ3) is 4.71. The topological polar surface area (TPSA) is 77.5 Å². The molecule has 0 N–H and O–H groups in total. The molecule has 8 nitrogen and oxygen atoms in total. The van der Waals surface area contributed by atoms with Gasteiger partial charge in [0.05, 0.1) is 14.2 Å². The third-order valence-corrected chi connectivity index (χ3v) is 5.79. The fourth-order valence-corrected chi connectivity index (χ4v) is 4.21. The predicted molar refractivity (Wildman–Crippen MR) is 118 cm³/mol. The molecule has 0 bridgehead atoms. The Morgan fingerprint density at radius 2 is 1.22 bits per heavy atom. The lowest BCUT2D eigenvalue weighted by molar-refractivity contribution is 0.0778. The van der Waals surface area contributed by atoms with Crippen molar-refractivity contribution in [2.45, 2.75) is 25.9 Å². The maximum absolute atomic E-state index is 11.2. The first-order valence-electron chi connectivity index (χ1n) is 10.7. The van der Waals surface area contributed by atoms with Crippen molar-refractivity contribution in [3.63, 3.8) is 0 Å². The third-order valence-electron chi connectivity index (χ3n) is 5.79. The predicted octanol–water partition coefficient (Wildman–Crippen LogP) is 3.11. The smallest absolute Gasteiger partial charge is 0.167 e. The molecule has 2 aliphatic heterocycles. The first-order valence-corrected chi connectivity index (χ1v) is 10.7. The summed E-state index contributed by atoms with van der Waals surface area (Å²) >= 11 is 0. The summed E-state index contributed by atoms with van der Waals surface area (Å²) in [6, 6.07) is 7.13. The van der Waals surface area contributed by atoms with E-state index in [0.717, 1.165) is 74.2 Å². The molecule has 0 radical (unpaired) electrons. The molecular weight excluding hydrogens is 412 g/mol. The van der Waals surface area contributed by atoms with Crippen molar-refractivity contribution in [3.8, 4) is 23.0 Å². The van der Waals surface area contributed by atoms with Crippen molar-refractivity contribution in [3.05, 3.63) is 46.5 Å². The van der Waals surface area contributed by atoms with Crippen molar-refractivity contribution >= 4 is 12.6 Å². The van der Waals surface area contributed by atoms with Gasteiger partial charge in [-0.25, -0.2) is 0 Å². The highest BCUT2D eigenvalue weighted by molar-refractivity contribution is 5.78.